The van der Waals surface area contributed by atoms with E-state index in [1.807, 2.05) is 6.92 Å². The summed E-state index contributed by atoms with van der Waals surface area (Å²) in [7, 11) is 0. The Kier molecular flexibility index (Phi) is 3.79. The van der Waals surface area contributed by atoms with Crippen molar-refractivity contribution in [2.75, 3.05) is 6.54 Å². The predicted molar refractivity (Wildman–Crippen MR) is 75.2 cm³/mol. The van der Waals surface area contributed by atoms with Crippen LogP contribution < -0.4 is 5.32 Å². The lowest BCUT2D eigenvalue weighted by atomic mass is 9.64. The molecule has 4 heteroatoms. The van der Waals surface area contributed by atoms with E-state index >= 15 is 0 Å². The maximum atomic E-state index is 12.4. The lowest BCUT2D eigenvalue weighted by Gasteiger charge is -2.39. The molecule has 0 spiro atoms. The summed E-state index contributed by atoms with van der Waals surface area (Å²) >= 11 is 0. The first-order chi connectivity index (χ1) is 8.83. The Morgan fingerprint density at radius 2 is 1.84 bits per heavy atom. The van der Waals surface area contributed by atoms with Gasteiger partial charge in [-0.2, -0.15) is 0 Å². The van der Waals surface area contributed by atoms with Crippen molar-refractivity contribution in [1.82, 2.24) is 5.32 Å². The van der Waals surface area contributed by atoms with E-state index in [0.29, 0.717) is 37.2 Å². The maximum absolute atomic E-state index is 12.4. The molecule has 1 N–H and O–H groups in total. The van der Waals surface area contributed by atoms with E-state index in [1.165, 1.54) is 0 Å². The zero-order chi connectivity index (χ0) is 14.2. The molecule has 2 aliphatic rings. The highest BCUT2D eigenvalue weighted by molar-refractivity contribution is 6.22. The molecule has 0 aromatic carbocycles. The van der Waals surface area contributed by atoms with Gasteiger partial charge in [0.2, 0.25) is 0 Å². The molecule has 1 fully saturated rings. The van der Waals surface area contributed by atoms with Crippen molar-refractivity contribution < 1.29 is 9.59 Å². The minimum atomic E-state index is -0.630. The summed E-state index contributed by atoms with van der Waals surface area (Å²) in [6.07, 6.45) is 1.93. The Labute approximate surface area is 115 Å². The molecular formula is C15H24N2O2. The average Bonchev–Trinajstić information content (AvgIpc) is 2.27. The summed E-state index contributed by atoms with van der Waals surface area (Å²) < 4.78 is 0. The predicted octanol–water partition coefficient (Wildman–Crippen LogP) is 1.98. The molecule has 0 radical (unpaired) electrons. The van der Waals surface area contributed by atoms with E-state index in [4.69, 9.17) is 0 Å². The Morgan fingerprint density at radius 1 is 1.26 bits per heavy atom. The minimum absolute atomic E-state index is 0.0350. The van der Waals surface area contributed by atoms with Crippen molar-refractivity contribution in [2.24, 2.45) is 22.2 Å². The number of amidine groups is 1. The molecule has 0 aromatic heterocycles. The highest BCUT2D eigenvalue weighted by Crippen LogP contribution is 2.41. The second-order valence-corrected chi connectivity index (χ2v) is 6.63. The van der Waals surface area contributed by atoms with Gasteiger partial charge in [-0.3, -0.25) is 14.6 Å². The van der Waals surface area contributed by atoms with Crippen molar-refractivity contribution in [2.45, 2.75) is 53.0 Å². The van der Waals surface area contributed by atoms with Gasteiger partial charge in [0.25, 0.3) is 0 Å². The van der Waals surface area contributed by atoms with Crippen molar-refractivity contribution in [3.63, 3.8) is 0 Å². The normalized spacial score (nSPS) is 36.2. The summed E-state index contributed by atoms with van der Waals surface area (Å²) in [4.78, 5) is 29.1. The van der Waals surface area contributed by atoms with Crippen LogP contribution in [-0.2, 0) is 9.59 Å². The number of aliphatic imine (C=N–C) groups is 1. The molecule has 0 aromatic rings. The maximum Gasteiger partial charge on any atom is 0.151 e. The Bertz CT molecular complexity index is 408. The first-order valence-corrected chi connectivity index (χ1v) is 7.20. The fourth-order valence-corrected chi connectivity index (χ4v) is 2.88. The number of ketones is 2. The average molecular weight is 264 g/mol. The fourth-order valence-electron chi connectivity index (χ4n) is 2.88. The molecule has 1 aliphatic heterocycles. The van der Waals surface area contributed by atoms with Crippen LogP contribution in [0.3, 0.4) is 0 Å². The molecule has 0 bridgehead atoms. The van der Waals surface area contributed by atoms with E-state index < -0.39 is 5.92 Å². The van der Waals surface area contributed by atoms with Crippen LogP contribution in [0.1, 0.15) is 47.0 Å². The standard InChI is InChI=1S/C15H24N2O2/c1-9(2)15(4)7-11(18)13(12(19)8-15)14-16-6-5-10(3)17-14/h9-10,13H,5-8H2,1-4H3,(H,16,17). The molecular weight excluding hydrogens is 240 g/mol. The lowest BCUT2D eigenvalue weighted by Crippen LogP contribution is -2.51. The number of hydrogen-bond donors (Lipinski definition) is 1. The van der Waals surface area contributed by atoms with Gasteiger partial charge in [-0.1, -0.05) is 20.8 Å². The van der Waals surface area contributed by atoms with Crippen molar-refractivity contribution in [3.05, 3.63) is 0 Å². The molecule has 4 nitrogen and oxygen atoms in total. The van der Waals surface area contributed by atoms with Gasteiger partial charge in [-0.05, 0) is 24.7 Å². The summed E-state index contributed by atoms with van der Waals surface area (Å²) in [6.45, 7) is 8.98. The number of carbonyl (C=O) groups is 2. The number of Topliss-reactive ketones (excluding diaryl/α,β-unsaturated/α-hetero) is 2. The topological polar surface area (TPSA) is 58.5 Å². The van der Waals surface area contributed by atoms with Crippen LogP contribution >= 0.6 is 0 Å². The Morgan fingerprint density at radius 3 is 2.32 bits per heavy atom. The van der Waals surface area contributed by atoms with E-state index in [9.17, 15) is 9.59 Å². The van der Waals surface area contributed by atoms with Crippen molar-refractivity contribution in [1.29, 1.82) is 0 Å². The summed E-state index contributed by atoms with van der Waals surface area (Å²) in [6, 6.07) is 0.298. The summed E-state index contributed by atoms with van der Waals surface area (Å²) in [5.74, 6) is 0.385. The Hall–Kier alpha value is -1.19. The van der Waals surface area contributed by atoms with Gasteiger partial charge in [0.05, 0.1) is 0 Å². The summed E-state index contributed by atoms with van der Waals surface area (Å²) in [5, 5.41) is 3.21. The zero-order valence-electron chi connectivity index (χ0n) is 12.3. The number of nitrogens with one attached hydrogen (secondary N) is 1. The van der Waals surface area contributed by atoms with Crippen LogP contribution in [0.15, 0.2) is 4.99 Å². The highest BCUT2D eigenvalue weighted by atomic mass is 16.2. The SMILES string of the molecule is CC1CCN=C(C2C(=O)CC(C)(C(C)C)CC2=O)N1. The Balaban J connectivity index is 2.19. The van der Waals surface area contributed by atoms with Crippen LogP contribution in [0.25, 0.3) is 0 Å². The molecule has 0 saturated heterocycles. The van der Waals surface area contributed by atoms with Crippen LogP contribution in [0.4, 0.5) is 0 Å². The molecule has 0 amide bonds. The van der Waals surface area contributed by atoms with E-state index in [-0.39, 0.29) is 17.0 Å². The second-order valence-electron chi connectivity index (χ2n) is 6.63. The minimum Gasteiger partial charge on any atom is -0.370 e. The molecule has 106 valence electrons. The van der Waals surface area contributed by atoms with E-state index in [2.05, 4.69) is 31.1 Å². The van der Waals surface area contributed by atoms with E-state index in [0.717, 1.165) is 6.42 Å². The van der Waals surface area contributed by atoms with E-state index in [1.54, 1.807) is 0 Å². The van der Waals surface area contributed by atoms with Crippen LogP contribution in [0.2, 0.25) is 0 Å². The van der Waals surface area contributed by atoms with Gasteiger partial charge in [0.15, 0.2) is 11.6 Å². The third-order valence-corrected chi connectivity index (χ3v) is 4.71. The first kappa shape index (κ1) is 14.2. The third-order valence-electron chi connectivity index (χ3n) is 4.71. The van der Waals surface area contributed by atoms with Crippen molar-refractivity contribution >= 4 is 17.4 Å². The first-order valence-electron chi connectivity index (χ1n) is 7.20. The van der Waals surface area contributed by atoms with Gasteiger partial charge >= 0.3 is 0 Å². The van der Waals surface area contributed by atoms with Gasteiger partial charge in [0, 0.05) is 25.4 Å². The second kappa shape index (κ2) is 5.06. The number of rotatable bonds is 2. The van der Waals surface area contributed by atoms with Crippen molar-refractivity contribution in [3.8, 4) is 0 Å². The molecule has 1 saturated carbocycles. The number of nitrogens with zero attached hydrogens (tertiary/aromatic N) is 1. The molecule has 2 rings (SSSR count). The molecule has 1 unspecified atom stereocenters. The number of carbonyl (C=O) groups excluding carboxylic acids is 2. The fraction of sp³-hybridized carbons (Fsp3) is 0.800. The van der Waals surface area contributed by atoms with Gasteiger partial charge in [0.1, 0.15) is 11.8 Å². The quantitative estimate of drug-likeness (QED) is 0.776. The molecule has 19 heavy (non-hydrogen) atoms. The van der Waals surface area contributed by atoms with Crippen LogP contribution in [0.5, 0.6) is 0 Å². The van der Waals surface area contributed by atoms with Crippen LogP contribution in [-0.4, -0.2) is 30.0 Å². The lowest BCUT2D eigenvalue weighted by molar-refractivity contribution is -0.138. The number of hydrogen-bond acceptors (Lipinski definition) is 4. The van der Waals surface area contributed by atoms with Gasteiger partial charge < -0.3 is 5.32 Å². The highest BCUT2D eigenvalue weighted by Gasteiger charge is 2.46. The monoisotopic (exact) mass is 264 g/mol. The van der Waals surface area contributed by atoms with Gasteiger partial charge in [-0.15, -0.1) is 0 Å². The largest absolute Gasteiger partial charge is 0.370 e. The molecule has 1 aliphatic carbocycles. The third kappa shape index (κ3) is 2.72. The smallest absolute Gasteiger partial charge is 0.151 e. The molecule has 1 atom stereocenters. The zero-order valence-corrected chi connectivity index (χ0v) is 12.3. The van der Waals surface area contributed by atoms with Crippen LogP contribution in [0, 0.1) is 17.3 Å². The molecule has 1 heterocycles. The summed E-state index contributed by atoms with van der Waals surface area (Å²) in [5.41, 5.74) is -0.189. The van der Waals surface area contributed by atoms with Gasteiger partial charge in [-0.25, -0.2) is 0 Å².